The van der Waals surface area contributed by atoms with E-state index in [1.807, 2.05) is 12.1 Å². The normalized spacial score (nSPS) is 13.2. The van der Waals surface area contributed by atoms with Gasteiger partial charge in [0.15, 0.2) is 0 Å². The van der Waals surface area contributed by atoms with Crippen LogP contribution < -0.4 is 5.32 Å². The molecule has 1 aromatic carbocycles. The van der Waals surface area contributed by atoms with Crippen LogP contribution in [0.25, 0.3) is 5.70 Å². The lowest BCUT2D eigenvalue weighted by atomic mass is 10.1. The molecule has 2 heterocycles. The van der Waals surface area contributed by atoms with E-state index in [0.29, 0.717) is 28.0 Å². The first-order valence-corrected chi connectivity index (χ1v) is 6.34. The van der Waals surface area contributed by atoms with Crippen molar-refractivity contribution in [3.8, 4) is 6.07 Å². The number of fused-ring (bicyclic) bond motifs is 1. The molecule has 4 nitrogen and oxygen atoms in total. The zero-order valence-electron chi connectivity index (χ0n) is 9.69. The summed E-state index contributed by atoms with van der Waals surface area (Å²) >= 11 is 12.0. The predicted octanol–water partition coefficient (Wildman–Crippen LogP) is 3.38. The molecule has 0 amide bonds. The van der Waals surface area contributed by atoms with Crippen LogP contribution in [0.5, 0.6) is 0 Å². The predicted molar refractivity (Wildman–Crippen MR) is 75.3 cm³/mol. The van der Waals surface area contributed by atoms with Gasteiger partial charge < -0.3 is 5.32 Å². The molecule has 6 heteroatoms. The Kier molecular flexibility index (Phi) is 2.94. The van der Waals surface area contributed by atoms with E-state index in [4.69, 9.17) is 28.5 Å². The summed E-state index contributed by atoms with van der Waals surface area (Å²) in [5.41, 5.74) is 2.31. The van der Waals surface area contributed by atoms with Gasteiger partial charge in [0.25, 0.3) is 0 Å². The number of halogens is 2. The van der Waals surface area contributed by atoms with Gasteiger partial charge in [-0.3, -0.25) is 0 Å². The molecule has 94 valence electrons. The second-order valence-electron chi connectivity index (χ2n) is 4.03. The molecule has 0 radical (unpaired) electrons. The first-order valence-electron chi connectivity index (χ1n) is 5.58. The van der Waals surface area contributed by atoms with Crippen LogP contribution in [-0.4, -0.2) is 16.3 Å². The molecule has 1 aliphatic rings. The van der Waals surface area contributed by atoms with Crippen LogP contribution in [0.2, 0.25) is 10.0 Å². The number of nitrogens with one attached hydrogen (secondary N) is 1. The summed E-state index contributed by atoms with van der Waals surface area (Å²) in [6.45, 7) is 0.635. The number of hydrogen-bond acceptors (Lipinski definition) is 3. The van der Waals surface area contributed by atoms with Crippen LogP contribution in [-0.2, 0) is 0 Å². The Morgan fingerprint density at radius 2 is 2.16 bits per heavy atom. The maximum absolute atomic E-state index is 9.02. The third-order valence-corrected chi connectivity index (χ3v) is 3.64. The van der Waals surface area contributed by atoms with Gasteiger partial charge in [0.1, 0.15) is 17.5 Å². The molecule has 0 aliphatic carbocycles. The molecule has 0 saturated carbocycles. The summed E-state index contributed by atoms with van der Waals surface area (Å²) in [6, 6.07) is 7.52. The summed E-state index contributed by atoms with van der Waals surface area (Å²) in [4.78, 5) is 0. The van der Waals surface area contributed by atoms with E-state index in [-0.39, 0.29) is 0 Å². The van der Waals surface area contributed by atoms with Crippen LogP contribution in [0, 0.1) is 11.3 Å². The molecule has 1 N–H and O–H groups in total. The van der Waals surface area contributed by atoms with Crippen LogP contribution in [0.15, 0.2) is 30.5 Å². The highest BCUT2D eigenvalue weighted by molar-refractivity contribution is 6.42. The average Bonchev–Trinajstić information content (AvgIpc) is 2.85. The van der Waals surface area contributed by atoms with E-state index < -0.39 is 0 Å². The fraction of sp³-hybridized carbons (Fsp3) is 0.0769. The Balaban J connectivity index is 2.12. The summed E-state index contributed by atoms with van der Waals surface area (Å²) in [5.74, 6) is 0.700. The van der Waals surface area contributed by atoms with Crippen LogP contribution >= 0.6 is 23.2 Å². The van der Waals surface area contributed by atoms with Crippen molar-refractivity contribution in [3.63, 3.8) is 0 Å². The fourth-order valence-electron chi connectivity index (χ4n) is 2.01. The Hall–Kier alpha value is -1.96. The monoisotopic (exact) mass is 290 g/mol. The van der Waals surface area contributed by atoms with Crippen molar-refractivity contribution in [1.82, 2.24) is 9.78 Å². The van der Waals surface area contributed by atoms with Gasteiger partial charge in [-0.15, -0.1) is 0 Å². The first-order chi connectivity index (χ1) is 9.20. The van der Waals surface area contributed by atoms with Gasteiger partial charge in [-0.1, -0.05) is 29.3 Å². The number of nitriles is 1. The van der Waals surface area contributed by atoms with Gasteiger partial charge in [-0.05, 0) is 18.2 Å². The second-order valence-corrected chi connectivity index (χ2v) is 4.84. The van der Waals surface area contributed by atoms with Crippen molar-refractivity contribution < 1.29 is 0 Å². The molecular weight excluding hydrogens is 283 g/mol. The van der Waals surface area contributed by atoms with Gasteiger partial charge in [-0.2, -0.15) is 10.4 Å². The molecule has 1 aliphatic heterocycles. The van der Waals surface area contributed by atoms with Crippen LogP contribution in [0.1, 0.15) is 11.1 Å². The maximum Gasteiger partial charge on any atom is 0.148 e. The second kappa shape index (κ2) is 4.61. The molecule has 0 saturated heterocycles. The lowest BCUT2D eigenvalue weighted by Gasteiger charge is -2.18. The minimum Gasteiger partial charge on any atom is -0.365 e. The SMILES string of the molecule is N#Cc1cnn2c1NCC=C2c1ccc(Cl)c(Cl)c1. The van der Waals surface area contributed by atoms with Gasteiger partial charge in [0, 0.05) is 12.1 Å². The molecule has 0 fully saturated rings. The highest BCUT2D eigenvalue weighted by atomic mass is 35.5. The highest BCUT2D eigenvalue weighted by Gasteiger charge is 2.18. The number of rotatable bonds is 1. The summed E-state index contributed by atoms with van der Waals surface area (Å²) in [7, 11) is 0. The molecule has 19 heavy (non-hydrogen) atoms. The Morgan fingerprint density at radius 3 is 2.89 bits per heavy atom. The minimum absolute atomic E-state index is 0.493. The van der Waals surface area contributed by atoms with Crippen molar-refractivity contribution in [2.45, 2.75) is 0 Å². The molecule has 0 bridgehead atoms. The van der Waals surface area contributed by atoms with Gasteiger partial charge >= 0.3 is 0 Å². The zero-order valence-corrected chi connectivity index (χ0v) is 11.2. The lowest BCUT2D eigenvalue weighted by Crippen LogP contribution is -2.15. The van der Waals surface area contributed by atoms with E-state index in [0.717, 1.165) is 11.3 Å². The van der Waals surface area contributed by atoms with Crippen LogP contribution in [0.4, 0.5) is 5.82 Å². The van der Waals surface area contributed by atoms with Crippen molar-refractivity contribution in [3.05, 3.63) is 51.6 Å². The molecule has 0 atom stereocenters. The molecule has 3 rings (SSSR count). The fourth-order valence-corrected chi connectivity index (χ4v) is 2.31. The summed E-state index contributed by atoms with van der Waals surface area (Å²) in [5, 5.41) is 17.4. The number of aromatic nitrogens is 2. The van der Waals surface area contributed by atoms with E-state index in [1.165, 1.54) is 0 Å². The van der Waals surface area contributed by atoms with Crippen molar-refractivity contribution in [1.29, 1.82) is 5.26 Å². The van der Waals surface area contributed by atoms with E-state index >= 15 is 0 Å². The molecule has 0 spiro atoms. The molecule has 0 unspecified atom stereocenters. The van der Waals surface area contributed by atoms with Gasteiger partial charge in [-0.25, -0.2) is 4.68 Å². The number of nitrogens with zero attached hydrogens (tertiary/aromatic N) is 3. The van der Waals surface area contributed by atoms with Crippen molar-refractivity contribution >= 4 is 34.7 Å². The topological polar surface area (TPSA) is 53.6 Å². The summed E-state index contributed by atoms with van der Waals surface area (Å²) < 4.78 is 1.70. The number of anilines is 1. The van der Waals surface area contributed by atoms with E-state index in [1.54, 1.807) is 23.0 Å². The third-order valence-electron chi connectivity index (χ3n) is 2.90. The summed E-state index contributed by atoms with van der Waals surface area (Å²) in [6.07, 6.45) is 3.53. The smallest absolute Gasteiger partial charge is 0.148 e. The maximum atomic E-state index is 9.02. The number of hydrogen-bond donors (Lipinski definition) is 1. The Bertz CT molecular complexity index is 725. The quantitative estimate of drug-likeness (QED) is 0.876. The third kappa shape index (κ3) is 1.97. The molecule has 1 aromatic heterocycles. The standard InChI is InChI=1S/C13H8Cl2N4/c14-10-2-1-8(5-11(10)15)12-3-4-17-13-9(6-16)7-18-19(12)13/h1-3,5,7,17H,4H2. The molecule has 2 aromatic rings. The Morgan fingerprint density at radius 1 is 1.32 bits per heavy atom. The average molecular weight is 291 g/mol. The zero-order chi connectivity index (χ0) is 13.4. The highest BCUT2D eigenvalue weighted by Crippen LogP contribution is 2.30. The minimum atomic E-state index is 0.493. The number of benzene rings is 1. The van der Waals surface area contributed by atoms with Crippen molar-refractivity contribution in [2.75, 3.05) is 11.9 Å². The van der Waals surface area contributed by atoms with E-state index in [2.05, 4.69) is 16.5 Å². The van der Waals surface area contributed by atoms with Gasteiger partial charge in [0.05, 0.1) is 21.9 Å². The molecular formula is C13H8Cl2N4. The van der Waals surface area contributed by atoms with E-state index in [9.17, 15) is 0 Å². The first kappa shape index (κ1) is 12.1. The Labute approximate surface area is 119 Å². The van der Waals surface area contributed by atoms with Gasteiger partial charge in [0.2, 0.25) is 0 Å². The lowest BCUT2D eigenvalue weighted by molar-refractivity contribution is 0.886. The van der Waals surface area contributed by atoms with Crippen LogP contribution in [0.3, 0.4) is 0 Å². The van der Waals surface area contributed by atoms with Crippen molar-refractivity contribution in [2.24, 2.45) is 0 Å². The largest absolute Gasteiger partial charge is 0.365 e.